The number of nitrogens with one attached hydrogen (secondary N) is 1. The number of fused-ring (bicyclic) bond motifs is 1. The molecule has 51 heavy (non-hydrogen) atoms. The Morgan fingerprint density at radius 3 is 2.39 bits per heavy atom. The van der Waals surface area contributed by atoms with E-state index in [4.69, 9.17) is 9.47 Å². The molecule has 11 heteroatoms. The first-order valence-electron chi connectivity index (χ1n) is 18.1. The van der Waals surface area contributed by atoms with Gasteiger partial charge in [0.15, 0.2) is 0 Å². The van der Waals surface area contributed by atoms with E-state index in [1.807, 2.05) is 54.6 Å². The van der Waals surface area contributed by atoms with Gasteiger partial charge < -0.3 is 34.6 Å². The van der Waals surface area contributed by atoms with Crippen LogP contribution in [-0.2, 0) is 35.1 Å². The molecule has 7 atom stereocenters. The smallest absolute Gasteiger partial charge is 0.312 e. The number of amides is 3. The van der Waals surface area contributed by atoms with Gasteiger partial charge in [-0.3, -0.25) is 19.2 Å². The van der Waals surface area contributed by atoms with Crippen molar-refractivity contribution in [2.24, 2.45) is 11.8 Å². The summed E-state index contributed by atoms with van der Waals surface area (Å²) in [6.07, 6.45) is 4.02. The summed E-state index contributed by atoms with van der Waals surface area (Å²) in [5.74, 6) is -3.47. The van der Waals surface area contributed by atoms with Gasteiger partial charge in [0.1, 0.15) is 17.7 Å². The molecule has 3 saturated heterocycles. The molecule has 0 aromatic heterocycles. The van der Waals surface area contributed by atoms with Crippen LogP contribution in [0.15, 0.2) is 79.9 Å². The second-order valence-corrected chi connectivity index (χ2v) is 13.6. The molecule has 3 aliphatic heterocycles. The Morgan fingerprint density at radius 2 is 1.76 bits per heavy atom. The van der Waals surface area contributed by atoms with Crippen LogP contribution in [0.25, 0.3) is 0 Å². The average molecular weight is 701 g/mol. The molecule has 0 unspecified atom stereocenters. The lowest BCUT2D eigenvalue weighted by atomic mass is 9.70. The first-order valence-corrected chi connectivity index (χ1v) is 18.1. The number of esters is 1. The number of hydrogen-bond donors (Lipinski definition) is 2. The third-order valence-corrected chi connectivity index (χ3v) is 10.5. The Kier molecular flexibility index (Phi) is 12.4. The summed E-state index contributed by atoms with van der Waals surface area (Å²) in [7, 11) is 0. The monoisotopic (exact) mass is 700 g/mol. The van der Waals surface area contributed by atoms with E-state index in [-0.39, 0.29) is 31.3 Å². The SMILES string of the molecule is C=CCCC(=O)NC[C@@H](C)OC(=O)[C@@H]1[C@@H]2CC[C@]3(O2)[C@H](C(=O)N(CC=C)c2ccc(N(CC)CC)cc2)N([C@@H](CO)Cc2ccccc2)C(=O)[C@@H]13. The lowest BCUT2D eigenvalue weighted by Crippen LogP contribution is -2.59. The van der Waals surface area contributed by atoms with Gasteiger partial charge in [0.05, 0.1) is 37.1 Å². The first-order chi connectivity index (χ1) is 24.6. The minimum Gasteiger partial charge on any atom is -0.460 e. The minimum absolute atomic E-state index is 0.115. The Balaban J connectivity index is 1.48. The van der Waals surface area contributed by atoms with Crippen LogP contribution in [0.5, 0.6) is 0 Å². The summed E-state index contributed by atoms with van der Waals surface area (Å²) in [6.45, 7) is 15.0. The highest BCUT2D eigenvalue weighted by molar-refractivity contribution is 6.05. The van der Waals surface area contributed by atoms with E-state index in [9.17, 15) is 19.5 Å². The van der Waals surface area contributed by atoms with Crippen LogP contribution < -0.4 is 15.1 Å². The Bertz CT molecular complexity index is 1560. The molecule has 1 spiro atoms. The third kappa shape index (κ3) is 7.60. The molecule has 2 aromatic rings. The zero-order valence-electron chi connectivity index (χ0n) is 30.0. The molecule has 3 fully saturated rings. The second-order valence-electron chi connectivity index (χ2n) is 13.6. The first kappa shape index (κ1) is 37.8. The van der Waals surface area contributed by atoms with Crippen LogP contribution in [-0.4, -0.2) is 96.4 Å². The van der Waals surface area contributed by atoms with Gasteiger partial charge in [0.25, 0.3) is 5.91 Å². The van der Waals surface area contributed by atoms with Gasteiger partial charge in [0, 0.05) is 37.4 Å². The minimum atomic E-state index is -1.30. The van der Waals surface area contributed by atoms with E-state index in [1.54, 1.807) is 24.0 Å². The van der Waals surface area contributed by atoms with Crippen molar-refractivity contribution < 1.29 is 33.8 Å². The van der Waals surface area contributed by atoms with Gasteiger partial charge in [0.2, 0.25) is 11.8 Å². The number of anilines is 2. The summed E-state index contributed by atoms with van der Waals surface area (Å²) in [6, 6.07) is 15.4. The molecule has 2 aromatic carbocycles. The molecule has 0 aliphatic carbocycles. The zero-order chi connectivity index (χ0) is 36.7. The van der Waals surface area contributed by atoms with Crippen molar-refractivity contribution in [1.29, 1.82) is 0 Å². The van der Waals surface area contributed by atoms with Crippen molar-refractivity contribution in [3.8, 4) is 0 Å². The number of rotatable bonds is 18. The number of carbonyl (C=O) groups is 4. The number of aliphatic hydroxyl groups is 1. The molecular weight excluding hydrogens is 648 g/mol. The summed E-state index contributed by atoms with van der Waals surface area (Å²) in [5.41, 5.74) is 1.26. The topological polar surface area (TPSA) is 129 Å². The van der Waals surface area contributed by atoms with Crippen molar-refractivity contribution in [3.05, 3.63) is 85.5 Å². The van der Waals surface area contributed by atoms with E-state index < -0.39 is 60.2 Å². The van der Waals surface area contributed by atoms with E-state index in [2.05, 4.69) is 37.2 Å². The van der Waals surface area contributed by atoms with E-state index in [0.29, 0.717) is 31.4 Å². The second kappa shape index (κ2) is 16.7. The van der Waals surface area contributed by atoms with E-state index >= 15 is 4.79 Å². The zero-order valence-corrected chi connectivity index (χ0v) is 30.0. The highest BCUT2D eigenvalue weighted by Crippen LogP contribution is 2.59. The van der Waals surface area contributed by atoms with Crippen molar-refractivity contribution >= 4 is 35.1 Å². The number of benzene rings is 2. The average Bonchev–Trinajstić information content (AvgIpc) is 3.79. The number of carbonyl (C=O) groups excluding carboxylic acids is 4. The van der Waals surface area contributed by atoms with Crippen LogP contribution >= 0.6 is 0 Å². The molecule has 3 aliphatic rings. The van der Waals surface area contributed by atoms with Crippen molar-refractivity contribution in [3.63, 3.8) is 0 Å². The van der Waals surface area contributed by atoms with Gasteiger partial charge in [-0.1, -0.05) is 42.5 Å². The fraction of sp³-hybridized carbons (Fsp3) is 0.500. The van der Waals surface area contributed by atoms with Crippen molar-refractivity contribution in [1.82, 2.24) is 10.2 Å². The van der Waals surface area contributed by atoms with Crippen molar-refractivity contribution in [2.75, 3.05) is 42.6 Å². The third-order valence-electron chi connectivity index (χ3n) is 10.5. The number of aliphatic hydroxyl groups excluding tert-OH is 1. The van der Waals surface area contributed by atoms with E-state index in [1.165, 1.54) is 4.90 Å². The van der Waals surface area contributed by atoms with Crippen LogP contribution in [0.2, 0.25) is 0 Å². The predicted molar refractivity (Wildman–Crippen MR) is 196 cm³/mol. The summed E-state index contributed by atoms with van der Waals surface area (Å²) in [5, 5.41) is 13.6. The van der Waals surface area contributed by atoms with Gasteiger partial charge in [-0.2, -0.15) is 0 Å². The predicted octanol–water partition coefficient (Wildman–Crippen LogP) is 4.04. The molecule has 2 N–H and O–H groups in total. The Labute approximate surface area is 301 Å². The lowest BCUT2D eigenvalue weighted by Gasteiger charge is -2.39. The quantitative estimate of drug-likeness (QED) is 0.176. The van der Waals surface area contributed by atoms with Crippen LogP contribution in [0.4, 0.5) is 11.4 Å². The standard InChI is InChI=1S/C40H52N4O7/c1-6-10-16-33(46)41-25-27(5)50-39(49)34-32-21-22-40(51-32)35(34)37(47)44(31(26-45)24-28-14-12-11-13-15-28)36(40)38(48)43(23-7-2)30-19-17-29(18-20-30)42(8-3)9-4/h6-7,11-15,17-20,27,31-32,34-36,45H,1-2,8-10,16,21-26H2,3-5H3,(H,41,46)/t27-,31-,32+,34-,35-,36+,40-/m1/s1. The molecule has 0 radical (unpaired) electrons. The fourth-order valence-electron chi connectivity index (χ4n) is 8.10. The molecular formula is C40H52N4O7. The number of allylic oxidation sites excluding steroid dienone is 1. The van der Waals surface area contributed by atoms with Crippen LogP contribution in [0, 0.1) is 11.8 Å². The van der Waals surface area contributed by atoms with Crippen LogP contribution in [0.1, 0.15) is 52.0 Å². The molecule has 5 rings (SSSR count). The summed E-state index contributed by atoms with van der Waals surface area (Å²) < 4.78 is 12.5. The molecule has 3 amide bonds. The Hall–Kier alpha value is -4.48. The normalized spacial score (nSPS) is 24.4. The van der Waals surface area contributed by atoms with Gasteiger partial charge >= 0.3 is 5.97 Å². The lowest BCUT2D eigenvalue weighted by molar-refractivity contribution is -0.159. The summed E-state index contributed by atoms with van der Waals surface area (Å²) >= 11 is 0. The number of hydrogen-bond acceptors (Lipinski definition) is 8. The number of likely N-dealkylation sites (tertiary alicyclic amines) is 1. The molecule has 11 nitrogen and oxygen atoms in total. The molecule has 3 heterocycles. The summed E-state index contributed by atoms with van der Waals surface area (Å²) in [4.78, 5) is 61.2. The fourth-order valence-corrected chi connectivity index (χ4v) is 8.10. The van der Waals surface area contributed by atoms with Gasteiger partial charge in [-0.25, -0.2) is 0 Å². The maximum absolute atomic E-state index is 15.0. The number of nitrogens with zero attached hydrogens (tertiary/aromatic N) is 3. The highest BCUT2D eigenvalue weighted by atomic mass is 16.6. The van der Waals surface area contributed by atoms with E-state index in [0.717, 1.165) is 24.3 Å². The van der Waals surface area contributed by atoms with Crippen molar-refractivity contribution in [2.45, 2.75) is 82.8 Å². The largest absolute Gasteiger partial charge is 0.460 e. The highest BCUT2D eigenvalue weighted by Gasteiger charge is 2.75. The molecule has 274 valence electrons. The maximum atomic E-state index is 15.0. The Morgan fingerprint density at radius 1 is 1.08 bits per heavy atom. The van der Waals surface area contributed by atoms with Gasteiger partial charge in [-0.05, 0) is 76.3 Å². The van der Waals surface area contributed by atoms with Gasteiger partial charge in [-0.15, -0.1) is 13.2 Å². The molecule has 0 saturated carbocycles. The maximum Gasteiger partial charge on any atom is 0.312 e. The number of ether oxygens (including phenoxy) is 2. The van der Waals surface area contributed by atoms with Crippen LogP contribution in [0.3, 0.4) is 0 Å². The molecule has 2 bridgehead atoms.